The first-order chi connectivity index (χ1) is 23.3. The van der Waals surface area contributed by atoms with Crippen LogP contribution in [0.2, 0.25) is 0 Å². The fourth-order valence-electron chi connectivity index (χ4n) is 6.40. The average Bonchev–Trinajstić information content (AvgIpc) is 3.07. The van der Waals surface area contributed by atoms with Gasteiger partial charge in [-0.3, -0.25) is 24.0 Å². The quantitative estimate of drug-likeness (QED) is 0.131. The number of amides is 2. The van der Waals surface area contributed by atoms with Crippen LogP contribution in [0, 0.1) is 17.8 Å². The Morgan fingerprint density at radius 3 is 1.92 bits per heavy atom. The van der Waals surface area contributed by atoms with Crippen molar-refractivity contribution in [1.82, 2.24) is 10.2 Å². The molecule has 3 rings (SSSR count). The van der Waals surface area contributed by atoms with Gasteiger partial charge in [-0.25, -0.2) is 0 Å². The number of benzene rings is 2. The Morgan fingerprint density at radius 2 is 1.39 bits per heavy atom. The van der Waals surface area contributed by atoms with Crippen LogP contribution in [0.25, 0.3) is 0 Å². The van der Waals surface area contributed by atoms with E-state index in [0.717, 1.165) is 11.1 Å². The van der Waals surface area contributed by atoms with Gasteiger partial charge in [-0.2, -0.15) is 0 Å². The van der Waals surface area contributed by atoms with Crippen molar-refractivity contribution >= 4 is 29.4 Å². The van der Waals surface area contributed by atoms with Crippen LogP contribution in [-0.4, -0.2) is 76.6 Å². The summed E-state index contributed by atoms with van der Waals surface area (Å²) in [5, 5.41) is 12.5. The van der Waals surface area contributed by atoms with Crippen molar-refractivity contribution < 1.29 is 29.1 Å². The number of hydrogen-bond acceptors (Lipinski definition) is 8. The fourth-order valence-corrected chi connectivity index (χ4v) is 6.40. The second-order valence-corrected chi connectivity index (χ2v) is 14.0. The molecule has 0 aliphatic carbocycles. The zero-order valence-electron chi connectivity index (χ0n) is 29.0. The number of hydrogen-bond donors (Lipinski definition) is 5. The molecule has 0 spiro atoms. The maximum Gasteiger partial charge on any atom is 0.323 e. The molecule has 2 aromatic rings. The van der Waals surface area contributed by atoms with Crippen molar-refractivity contribution in [2.75, 3.05) is 19.6 Å². The fraction of sp³-hybridized carbons (Fsp3) is 0.553. The third-order valence-electron chi connectivity index (χ3n) is 9.46. The van der Waals surface area contributed by atoms with Crippen molar-refractivity contribution in [2.24, 2.45) is 35.0 Å². The Kier molecular flexibility index (Phi) is 15.6. The molecule has 0 bridgehead atoms. The highest BCUT2D eigenvalue weighted by molar-refractivity contribution is 5.95. The summed E-state index contributed by atoms with van der Waals surface area (Å²) in [5.74, 6) is -3.53. The monoisotopic (exact) mass is 677 g/mol. The molecular formula is C38H55N5O6. The third kappa shape index (κ3) is 12.5. The second-order valence-electron chi connectivity index (χ2n) is 14.0. The van der Waals surface area contributed by atoms with Gasteiger partial charge in [0.2, 0.25) is 11.8 Å². The van der Waals surface area contributed by atoms with Gasteiger partial charge >= 0.3 is 5.97 Å². The van der Waals surface area contributed by atoms with Gasteiger partial charge in [0.1, 0.15) is 5.54 Å². The second kappa shape index (κ2) is 19.3. The Labute approximate surface area is 290 Å². The van der Waals surface area contributed by atoms with Crippen molar-refractivity contribution in [3.63, 3.8) is 0 Å². The number of carboxylic acids is 1. The van der Waals surface area contributed by atoms with Gasteiger partial charge in [0, 0.05) is 37.8 Å². The van der Waals surface area contributed by atoms with E-state index in [1.54, 1.807) is 4.90 Å². The number of carboxylic acid groups (broad SMARTS) is 1. The molecule has 11 heteroatoms. The molecule has 1 saturated heterocycles. The standard InChI is InChI=1S/C38H55N5O6/c1-26(2)21-32(34(45)24-29(15-9-10-18-39)36(47)43-19-16-38(41,17-20-43)37(48)49)42-35(46)30(22-27-11-5-3-6-12-27)25-33(44)31(40)23-28-13-7-4-8-14-28/h3-8,11-14,26,29-32H,9-10,15-25,39-41H2,1-2H3,(H,42,46)(H,48,49)/t29-,30-,31?,32+/m0/s1. The van der Waals surface area contributed by atoms with Gasteiger partial charge in [0.05, 0.1) is 12.1 Å². The molecule has 8 N–H and O–H groups in total. The molecule has 2 aromatic carbocycles. The minimum atomic E-state index is -1.38. The van der Waals surface area contributed by atoms with E-state index < -0.39 is 41.3 Å². The molecule has 268 valence electrons. The zero-order chi connectivity index (χ0) is 36.0. The minimum Gasteiger partial charge on any atom is -0.480 e. The number of piperidine rings is 1. The number of rotatable bonds is 20. The Bertz CT molecular complexity index is 1380. The highest BCUT2D eigenvalue weighted by Crippen LogP contribution is 2.25. The molecule has 1 aliphatic heterocycles. The number of nitrogens with two attached hydrogens (primary N) is 3. The van der Waals surface area contributed by atoms with Crippen LogP contribution in [0.1, 0.15) is 76.3 Å². The molecule has 1 unspecified atom stereocenters. The lowest BCUT2D eigenvalue weighted by Gasteiger charge is -2.38. The number of aliphatic carboxylic acids is 1. The summed E-state index contributed by atoms with van der Waals surface area (Å²) in [7, 11) is 0. The number of ketones is 2. The number of carbonyl (C=O) groups is 5. The van der Waals surface area contributed by atoms with Crippen LogP contribution in [0.15, 0.2) is 60.7 Å². The molecule has 2 amide bonds. The molecule has 4 atom stereocenters. The number of nitrogens with one attached hydrogen (secondary N) is 1. The number of nitrogens with zero attached hydrogens (tertiary/aromatic N) is 1. The summed E-state index contributed by atoms with van der Waals surface area (Å²) in [6, 6.07) is 17.3. The first-order valence-corrected chi connectivity index (χ1v) is 17.5. The summed E-state index contributed by atoms with van der Waals surface area (Å²) >= 11 is 0. The summed E-state index contributed by atoms with van der Waals surface area (Å²) < 4.78 is 0. The van der Waals surface area contributed by atoms with E-state index in [9.17, 15) is 29.1 Å². The predicted molar refractivity (Wildman–Crippen MR) is 189 cm³/mol. The topological polar surface area (TPSA) is 199 Å². The van der Waals surface area contributed by atoms with E-state index in [1.165, 1.54) is 0 Å². The van der Waals surface area contributed by atoms with E-state index in [-0.39, 0.29) is 62.2 Å². The largest absolute Gasteiger partial charge is 0.480 e. The van der Waals surface area contributed by atoms with E-state index in [1.807, 2.05) is 74.5 Å². The van der Waals surface area contributed by atoms with E-state index >= 15 is 0 Å². The summed E-state index contributed by atoms with van der Waals surface area (Å²) in [4.78, 5) is 68.2. The van der Waals surface area contributed by atoms with Gasteiger partial charge in [-0.1, -0.05) is 80.9 Å². The van der Waals surface area contributed by atoms with E-state index in [2.05, 4.69) is 5.32 Å². The first-order valence-electron chi connectivity index (χ1n) is 17.5. The molecule has 49 heavy (non-hydrogen) atoms. The van der Waals surface area contributed by atoms with Crippen LogP contribution < -0.4 is 22.5 Å². The summed E-state index contributed by atoms with van der Waals surface area (Å²) in [5.41, 5.74) is 18.5. The van der Waals surface area contributed by atoms with Gasteiger partial charge in [-0.15, -0.1) is 0 Å². The zero-order valence-corrected chi connectivity index (χ0v) is 29.0. The van der Waals surface area contributed by atoms with Gasteiger partial charge in [0.15, 0.2) is 11.6 Å². The normalized spacial score (nSPS) is 16.7. The van der Waals surface area contributed by atoms with Crippen molar-refractivity contribution in [3.05, 3.63) is 71.8 Å². The van der Waals surface area contributed by atoms with Crippen molar-refractivity contribution in [3.8, 4) is 0 Å². The maximum absolute atomic E-state index is 14.0. The van der Waals surface area contributed by atoms with Gasteiger partial charge in [-0.05, 0) is 68.5 Å². The molecule has 1 heterocycles. The Hall–Kier alpha value is -3.93. The molecular weight excluding hydrogens is 622 g/mol. The third-order valence-corrected chi connectivity index (χ3v) is 9.46. The SMILES string of the molecule is CC(C)C[C@@H](NC(=O)[C@H](CC(=O)C(N)Cc1ccccc1)Cc1ccccc1)C(=O)C[C@H](CCCCN)C(=O)N1CCC(N)(C(=O)O)CC1. The van der Waals surface area contributed by atoms with Crippen LogP contribution in [0.4, 0.5) is 0 Å². The number of likely N-dealkylation sites (tertiary alicyclic amines) is 1. The predicted octanol–water partition coefficient (Wildman–Crippen LogP) is 3.01. The van der Waals surface area contributed by atoms with E-state index in [4.69, 9.17) is 17.2 Å². The maximum atomic E-state index is 14.0. The molecule has 0 saturated carbocycles. The molecule has 1 fully saturated rings. The lowest BCUT2D eigenvalue weighted by atomic mass is 9.86. The number of carbonyl (C=O) groups excluding carboxylic acids is 4. The molecule has 11 nitrogen and oxygen atoms in total. The van der Waals surface area contributed by atoms with Crippen molar-refractivity contribution in [2.45, 2.75) is 95.7 Å². The Balaban J connectivity index is 1.77. The molecule has 0 radical (unpaired) electrons. The molecule has 1 aliphatic rings. The minimum absolute atomic E-state index is 0.0601. The van der Waals surface area contributed by atoms with Gasteiger partial charge in [0.25, 0.3) is 0 Å². The first kappa shape index (κ1) is 39.5. The van der Waals surface area contributed by atoms with Crippen LogP contribution in [0.3, 0.4) is 0 Å². The molecule has 0 aromatic heterocycles. The van der Waals surface area contributed by atoms with E-state index in [0.29, 0.717) is 45.1 Å². The highest BCUT2D eigenvalue weighted by atomic mass is 16.4. The lowest BCUT2D eigenvalue weighted by Crippen LogP contribution is -2.57. The number of unbranched alkanes of at least 4 members (excludes halogenated alkanes) is 1. The van der Waals surface area contributed by atoms with Crippen LogP contribution >= 0.6 is 0 Å². The highest BCUT2D eigenvalue weighted by Gasteiger charge is 2.40. The smallest absolute Gasteiger partial charge is 0.323 e. The number of Topliss-reactive ketones (excluding diaryl/α,β-unsaturated/α-hetero) is 2. The lowest BCUT2D eigenvalue weighted by molar-refractivity contribution is -0.149. The van der Waals surface area contributed by atoms with Crippen LogP contribution in [0.5, 0.6) is 0 Å². The van der Waals surface area contributed by atoms with Crippen LogP contribution in [-0.2, 0) is 36.8 Å². The van der Waals surface area contributed by atoms with Gasteiger partial charge < -0.3 is 32.5 Å². The summed E-state index contributed by atoms with van der Waals surface area (Å²) in [6.07, 6.45) is 2.90. The average molecular weight is 678 g/mol. The van der Waals surface area contributed by atoms with Crippen molar-refractivity contribution in [1.29, 1.82) is 0 Å². The summed E-state index contributed by atoms with van der Waals surface area (Å²) in [6.45, 7) is 4.75. The Morgan fingerprint density at radius 1 is 0.837 bits per heavy atom.